The summed E-state index contributed by atoms with van der Waals surface area (Å²) in [6.07, 6.45) is 0.0614. The molecular formula is C22H23NO3. The Bertz CT molecular complexity index is 869. The van der Waals surface area contributed by atoms with Crippen molar-refractivity contribution in [2.24, 2.45) is 0 Å². The number of hydrogen-bond donors (Lipinski definition) is 1. The number of carbonyl (C=O) groups is 1. The predicted molar refractivity (Wildman–Crippen MR) is 103 cm³/mol. The van der Waals surface area contributed by atoms with Crippen LogP contribution < -0.4 is 14.8 Å². The Morgan fingerprint density at radius 1 is 0.962 bits per heavy atom. The fourth-order valence-corrected chi connectivity index (χ4v) is 2.88. The van der Waals surface area contributed by atoms with E-state index in [2.05, 4.69) is 23.5 Å². The monoisotopic (exact) mass is 349 g/mol. The first-order valence-electron chi connectivity index (χ1n) is 8.76. The van der Waals surface area contributed by atoms with Gasteiger partial charge in [0.25, 0.3) is 5.91 Å². The molecule has 0 aliphatic rings. The van der Waals surface area contributed by atoms with E-state index in [1.165, 1.54) is 5.39 Å². The minimum Gasteiger partial charge on any atom is -0.497 e. The van der Waals surface area contributed by atoms with Gasteiger partial charge in [-0.2, -0.15) is 0 Å². The molecule has 0 bridgehead atoms. The molecule has 4 heteroatoms. The van der Waals surface area contributed by atoms with Crippen LogP contribution in [0.15, 0.2) is 66.7 Å². The summed E-state index contributed by atoms with van der Waals surface area (Å²) >= 11 is 0. The van der Waals surface area contributed by atoms with Gasteiger partial charge in [-0.15, -0.1) is 0 Å². The molecule has 134 valence electrons. The molecule has 4 nitrogen and oxygen atoms in total. The van der Waals surface area contributed by atoms with Gasteiger partial charge in [0.2, 0.25) is 0 Å². The van der Waals surface area contributed by atoms with Gasteiger partial charge >= 0.3 is 0 Å². The number of hydrogen-bond acceptors (Lipinski definition) is 3. The van der Waals surface area contributed by atoms with Crippen LogP contribution in [0.5, 0.6) is 11.5 Å². The quantitative estimate of drug-likeness (QED) is 0.691. The minimum atomic E-state index is -0.529. The SMILES string of the molecule is CC[C@@H](Oc1ccc(OC)cc1)C(=O)NCc1cccc2ccccc12. The highest BCUT2D eigenvalue weighted by atomic mass is 16.5. The number of ether oxygens (including phenoxy) is 2. The van der Waals surface area contributed by atoms with Gasteiger partial charge in [0, 0.05) is 6.54 Å². The molecule has 0 radical (unpaired) electrons. The van der Waals surface area contributed by atoms with Crippen molar-refractivity contribution < 1.29 is 14.3 Å². The van der Waals surface area contributed by atoms with Crippen molar-refractivity contribution in [3.8, 4) is 11.5 Å². The Morgan fingerprint density at radius 3 is 2.38 bits per heavy atom. The molecule has 0 saturated carbocycles. The van der Waals surface area contributed by atoms with Crippen LogP contribution in [0.2, 0.25) is 0 Å². The van der Waals surface area contributed by atoms with Crippen molar-refractivity contribution in [1.29, 1.82) is 0 Å². The third-order valence-electron chi connectivity index (χ3n) is 4.33. The summed E-state index contributed by atoms with van der Waals surface area (Å²) in [5, 5.41) is 5.32. The van der Waals surface area contributed by atoms with Crippen molar-refractivity contribution in [2.75, 3.05) is 7.11 Å². The van der Waals surface area contributed by atoms with Crippen LogP contribution in [-0.2, 0) is 11.3 Å². The van der Waals surface area contributed by atoms with Crippen LogP contribution in [0.3, 0.4) is 0 Å². The van der Waals surface area contributed by atoms with E-state index < -0.39 is 6.10 Å². The fourth-order valence-electron chi connectivity index (χ4n) is 2.88. The van der Waals surface area contributed by atoms with Crippen molar-refractivity contribution in [1.82, 2.24) is 5.32 Å². The van der Waals surface area contributed by atoms with Gasteiger partial charge in [0.15, 0.2) is 6.10 Å². The number of rotatable bonds is 7. The highest BCUT2D eigenvalue weighted by molar-refractivity contribution is 5.86. The van der Waals surface area contributed by atoms with Crippen LogP contribution in [0.1, 0.15) is 18.9 Å². The number of amides is 1. The van der Waals surface area contributed by atoms with Crippen molar-refractivity contribution in [3.63, 3.8) is 0 Å². The number of nitrogens with one attached hydrogen (secondary N) is 1. The maximum atomic E-state index is 12.6. The molecule has 0 aliphatic carbocycles. The second kappa shape index (κ2) is 8.39. The molecule has 0 unspecified atom stereocenters. The molecule has 0 fully saturated rings. The van der Waals surface area contributed by atoms with Crippen LogP contribution in [-0.4, -0.2) is 19.1 Å². The van der Waals surface area contributed by atoms with E-state index in [-0.39, 0.29) is 5.91 Å². The van der Waals surface area contributed by atoms with Crippen molar-refractivity contribution in [3.05, 3.63) is 72.3 Å². The molecule has 3 aromatic carbocycles. The normalized spacial score (nSPS) is 11.8. The molecule has 0 saturated heterocycles. The zero-order valence-electron chi connectivity index (χ0n) is 15.1. The summed E-state index contributed by atoms with van der Waals surface area (Å²) in [4.78, 5) is 12.6. The van der Waals surface area contributed by atoms with Crippen molar-refractivity contribution >= 4 is 16.7 Å². The van der Waals surface area contributed by atoms with Gasteiger partial charge < -0.3 is 14.8 Å². The lowest BCUT2D eigenvalue weighted by molar-refractivity contribution is -0.128. The lowest BCUT2D eigenvalue weighted by Crippen LogP contribution is -2.37. The number of methoxy groups -OCH3 is 1. The highest BCUT2D eigenvalue weighted by Gasteiger charge is 2.18. The van der Waals surface area contributed by atoms with Gasteiger partial charge in [0.05, 0.1) is 7.11 Å². The van der Waals surface area contributed by atoms with Gasteiger partial charge in [-0.25, -0.2) is 0 Å². The molecule has 0 aromatic heterocycles. The second-order valence-corrected chi connectivity index (χ2v) is 6.05. The van der Waals surface area contributed by atoms with Crippen molar-refractivity contribution in [2.45, 2.75) is 26.0 Å². The molecule has 1 atom stereocenters. The highest BCUT2D eigenvalue weighted by Crippen LogP contribution is 2.20. The van der Waals surface area contributed by atoms with E-state index in [1.54, 1.807) is 19.2 Å². The van der Waals surface area contributed by atoms with Gasteiger partial charge in [0.1, 0.15) is 11.5 Å². The Labute approximate surface area is 153 Å². The molecule has 0 heterocycles. The smallest absolute Gasteiger partial charge is 0.261 e. The van der Waals surface area contributed by atoms with E-state index in [0.29, 0.717) is 18.7 Å². The fraction of sp³-hybridized carbons (Fsp3) is 0.227. The lowest BCUT2D eigenvalue weighted by Gasteiger charge is -2.18. The maximum absolute atomic E-state index is 12.6. The van der Waals surface area contributed by atoms with Gasteiger partial charge in [-0.3, -0.25) is 4.79 Å². The summed E-state index contributed by atoms with van der Waals surface area (Å²) in [5.74, 6) is 1.29. The summed E-state index contributed by atoms with van der Waals surface area (Å²) in [5.41, 5.74) is 1.09. The summed E-state index contributed by atoms with van der Waals surface area (Å²) in [6, 6.07) is 21.5. The lowest BCUT2D eigenvalue weighted by atomic mass is 10.0. The van der Waals surface area contributed by atoms with Crippen LogP contribution in [0.4, 0.5) is 0 Å². The molecule has 0 aliphatic heterocycles. The molecular weight excluding hydrogens is 326 g/mol. The zero-order valence-corrected chi connectivity index (χ0v) is 15.1. The second-order valence-electron chi connectivity index (χ2n) is 6.05. The van der Waals surface area contributed by atoms with E-state index >= 15 is 0 Å². The topological polar surface area (TPSA) is 47.6 Å². The van der Waals surface area contributed by atoms with E-state index in [9.17, 15) is 4.79 Å². The number of fused-ring (bicyclic) bond motifs is 1. The van der Waals surface area contributed by atoms with Gasteiger partial charge in [-0.05, 0) is 47.0 Å². The van der Waals surface area contributed by atoms with Gasteiger partial charge in [-0.1, -0.05) is 49.4 Å². The molecule has 3 rings (SSSR count). The molecule has 26 heavy (non-hydrogen) atoms. The Morgan fingerprint density at radius 2 is 1.65 bits per heavy atom. The zero-order chi connectivity index (χ0) is 18.4. The van der Waals surface area contributed by atoms with Crippen LogP contribution in [0.25, 0.3) is 10.8 Å². The van der Waals surface area contributed by atoms with E-state index in [1.807, 2.05) is 43.3 Å². The number of benzene rings is 3. The molecule has 1 amide bonds. The number of carbonyl (C=O) groups excluding carboxylic acids is 1. The first-order valence-corrected chi connectivity index (χ1v) is 8.76. The Kier molecular flexibility index (Phi) is 5.74. The molecule has 3 aromatic rings. The molecule has 0 spiro atoms. The average molecular weight is 349 g/mol. The van der Waals surface area contributed by atoms with Crippen LogP contribution in [0, 0.1) is 0 Å². The first-order chi connectivity index (χ1) is 12.7. The van der Waals surface area contributed by atoms with E-state index in [0.717, 1.165) is 16.7 Å². The Balaban J connectivity index is 1.65. The third-order valence-corrected chi connectivity index (χ3v) is 4.33. The standard InChI is InChI=1S/C22H23NO3/c1-3-21(26-19-13-11-18(25-2)12-14-19)22(24)23-15-17-9-6-8-16-7-4-5-10-20(16)17/h4-14,21H,3,15H2,1-2H3,(H,23,24)/t21-/m1/s1. The summed E-state index contributed by atoms with van der Waals surface area (Å²) in [7, 11) is 1.62. The average Bonchev–Trinajstić information content (AvgIpc) is 2.70. The van der Waals surface area contributed by atoms with Crippen LogP contribution >= 0.6 is 0 Å². The maximum Gasteiger partial charge on any atom is 0.261 e. The molecule has 1 N–H and O–H groups in total. The Hall–Kier alpha value is -3.01. The summed E-state index contributed by atoms with van der Waals surface area (Å²) < 4.78 is 11.0. The summed E-state index contributed by atoms with van der Waals surface area (Å²) in [6.45, 7) is 2.41. The largest absolute Gasteiger partial charge is 0.497 e. The van der Waals surface area contributed by atoms with E-state index in [4.69, 9.17) is 9.47 Å². The first kappa shape index (κ1) is 17.8. The third kappa shape index (κ3) is 4.14. The predicted octanol–water partition coefficient (Wildman–Crippen LogP) is 4.32. The minimum absolute atomic E-state index is 0.115.